The van der Waals surface area contributed by atoms with Crippen molar-refractivity contribution in [2.24, 2.45) is 0 Å². The summed E-state index contributed by atoms with van der Waals surface area (Å²) in [6.45, 7) is 36.4. The van der Waals surface area contributed by atoms with Crippen LogP contribution in [0.2, 0.25) is 39.3 Å². The van der Waals surface area contributed by atoms with Crippen LogP contribution in [0.1, 0.15) is 69.2 Å². The minimum absolute atomic E-state index is 0. The van der Waals surface area contributed by atoms with E-state index in [4.69, 9.17) is 0 Å². The van der Waals surface area contributed by atoms with Crippen LogP contribution in [0.5, 0.6) is 0 Å². The average Bonchev–Trinajstić information content (AvgIpc) is 2.83. The first-order chi connectivity index (χ1) is 12.8. The molecule has 0 spiro atoms. The third kappa shape index (κ3) is 9.97. The number of allylic oxidation sites excluding steroid dienone is 8. The van der Waals surface area contributed by atoms with Crippen LogP contribution in [-0.2, 0) is 32.7 Å². The van der Waals surface area contributed by atoms with E-state index < -0.39 is 16.1 Å². The van der Waals surface area contributed by atoms with E-state index in [2.05, 4.69) is 114 Å². The minimum Gasteiger partial charge on any atom is -0.327 e. The van der Waals surface area contributed by atoms with Crippen molar-refractivity contribution >= 4 is 16.1 Å². The van der Waals surface area contributed by atoms with Gasteiger partial charge in [-0.1, -0.05) is 75.4 Å². The fourth-order valence-corrected chi connectivity index (χ4v) is 14.5. The zero-order valence-electron chi connectivity index (χ0n) is 23.2. The van der Waals surface area contributed by atoms with E-state index in [-0.39, 0.29) is 32.7 Å². The first-order valence-electron chi connectivity index (χ1n) is 11.1. The van der Waals surface area contributed by atoms with Crippen LogP contribution in [0.15, 0.2) is 44.6 Å². The zero-order valence-corrected chi connectivity index (χ0v) is 28.0. The van der Waals surface area contributed by atoms with Crippen LogP contribution >= 0.6 is 0 Å². The van der Waals surface area contributed by atoms with Crippen LogP contribution in [0.4, 0.5) is 0 Å². The van der Waals surface area contributed by atoms with Crippen molar-refractivity contribution in [3.8, 4) is 0 Å². The van der Waals surface area contributed by atoms with Gasteiger partial charge in [-0.3, -0.25) is 0 Å². The molecule has 2 aliphatic rings. The number of hydrogen-bond acceptors (Lipinski definition) is 0. The van der Waals surface area contributed by atoms with Gasteiger partial charge in [0.1, 0.15) is 0 Å². The van der Waals surface area contributed by atoms with Gasteiger partial charge in [0.05, 0.1) is 0 Å². The van der Waals surface area contributed by atoms with Crippen molar-refractivity contribution < 1.29 is 32.7 Å². The minimum atomic E-state index is -0.856. The van der Waals surface area contributed by atoms with Gasteiger partial charge in [0.2, 0.25) is 0 Å². The standard InChI is InChI=1S/2C10H15.C7H19Si2.Y/c2*1-6-7(2)9(4)10(5)8(6)3;1-8(2,3)7-9(4,5)6;/h2*1-5H3;7H,1-6H3;/q;;-1;. The molecule has 0 saturated carbocycles. The molecule has 0 aromatic carbocycles. The molecular weight excluding hydrogens is 469 g/mol. The predicted molar refractivity (Wildman–Crippen MR) is 142 cm³/mol. The molecule has 2 aliphatic carbocycles. The van der Waals surface area contributed by atoms with Crippen molar-refractivity contribution in [3.63, 3.8) is 0 Å². The zero-order chi connectivity index (χ0) is 23.5. The summed E-state index contributed by atoms with van der Waals surface area (Å²) in [4.78, 5) is 0. The molecule has 0 aliphatic heterocycles. The topological polar surface area (TPSA) is 0 Å². The van der Waals surface area contributed by atoms with Crippen LogP contribution in [0, 0.1) is 17.5 Å². The second-order valence-corrected chi connectivity index (χ2v) is 21.7. The first-order valence-corrected chi connectivity index (χ1v) is 18.2. The van der Waals surface area contributed by atoms with Crippen LogP contribution < -0.4 is 0 Å². The Morgan fingerprint density at radius 2 is 0.533 bits per heavy atom. The van der Waals surface area contributed by atoms with Gasteiger partial charge in [-0.2, -0.15) is 0 Å². The molecule has 0 atom stereocenters. The first kappa shape index (κ1) is 32.7. The molecule has 0 saturated heterocycles. The molecule has 0 bridgehead atoms. The fraction of sp³-hybridized carbons (Fsp3) is 0.593. The van der Waals surface area contributed by atoms with Gasteiger partial charge >= 0.3 is 0 Å². The summed E-state index contributed by atoms with van der Waals surface area (Å²) in [5.41, 5.74) is 14.4. The molecule has 0 amide bonds. The van der Waals surface area contributed by atoms with Gasteiger partial charge in [-0.15, -0.1) is 16.1 Å². The van der Waals surface area contributed by atoms with Gasteiger partial charge in [0, 0.05) is 44.5 Å². The molecule has 30 heavy (non-hydrogen) atoms. The van der Waals surface area contributed by atoms with Crippen molar-refractivity contribution in [2.45, 2.75) is 109 Å². The molecule has 0 aromatic heterocycles. The van der Waals surface area contributed by atoms with E-state index in [9.17, 15) is 0 Å². The van der Waals surface area contributed by atoms with Crippen molar-refractivity contribution in [1.29, 1.82) is 0 Å². The Balaban J connectivity index is 0. The maximum atomic E-state index is 2.65. The normalized spacial score (nSPS) is 18.4. The molecule has 2 rings (SSSR count). The molecule has 3 heteroatoms. The fourth-order valence-electron chi connectivity index (χ4n) is 4.11. The molecule has 0 aromatic rings. The summed E-state index contributed by atoms with van der Waals surface area (Å²) < 4.78 is 0. The van der Waals surface area contributed by atoms with E-state index in [1.54, 1.807) is 0 Å². The van der Waals surface area contributed by atoms with Gasteiger partial charge < -0.3 is 5.67 Å². The second kappa shape index (κ2) is 12.7. The summed E-state index contributed by atoms with van der Waals surface area (Å²) in [6, 6.07) is 0. The summed E-state index contributed by atoms with van der Waals surface area (Å²) >= 11 is 0. The molecule has 3 radical (unpaired) electrons. The van der Waals surface area contributed by atoms with Gasteiger partial charge in [0.25, 0.3) is 0 Å². The summed E-state index contributed by atoms with van der Waals surface area (Å²) in [5.74, 6) is 2.94. The second-order valence-electron chi connectivity index (χ2n) is 11.1. The smallest absolute Gasteiger partial charge is 0.0226 e. The van der Waals surface area contributed by atoms with E-state index in [1.165, 1.54) is 56.4 Å². The Hall–Kier alpha value is 0.498. The maximum Gasteiger partial charge on any atom is 0.0226 e. The molecule has 0 heterocycles. The van der Waals surface area contributed by atoms with Crippen LogP contribution in [-0.4, -0.2) is 16.1 Å². The Morgan fingerprint density at radius 1 is 0.367 bits per heavy atom. The SMILES string of the molecule is C[C]1C(C)=C(C)C(C)=C1C.C[C]1C(C)=C(C)C(C)=C1C.C[Si](C)(C)[CH-][Si](C)(C)C.[Y]. The average molecular weight is 519 g/mol. The van der Waals surface area contributed by atoms with Gasteiger partial charge in [-0.25, -0.2) is 0 Å². The van der Waals surface area contributed by atoms with Crippen molar-refractivity contribution in [3.05, 3.63) is 62.1 Å². The third-order valence-corrected chi connectivity index (χ3v) is 13.4. The Labute approximate surface area is 218 Å². The Bertz CT molecular complexity index is 609. The summed E-state index contributed by atoms with van der Waals surface area (Å²) in [6.07, 6.45) is 0. The monoisotopic (exact) mass is 518 g/mol. The number of hydrogen-bond donors (Lipinski definition) is 0. The summed E-state index contributed by atoms with van der Waals surface area (Å²) in [7, 11) is -1.71. The van der Waals surface area contributed by atoms with Crippen LogP contribution in [0.25, 0.3) is 0 Å². The summed E-state index contributed by atoms with van der Waals surface area (Å²) in [5, 5.41) is 0. The molecular formula is C27H49Si2Y-. The van der Waals surface area contributed by atoms with E-state index in [1.807, 2.05) is 0 Å². The quantitative estimate of drug-likeness (QED) is 0.252. The van der Waals surface area contributed by atoms with E-state index in [0.717, 1.165) is 0 Å². The van der Waals surface area contributed by atoms with E-state index in [0.29, 0.717) is 0 Å². The Kier molecular flexibility index (Phi) is 13.8. The molecule has 0 nitrogen and oxygen atoms in total. The van der Waals surface area contributed by atoms with Crippen molar-refractivity contribution in [1.82, 2.24) is 0 Å². The molecule has 0 unspecified atom stereocenters. The molecule has 169 valence electrons. The van der Waals surface area contributed by atoms with Crippen molar-refractivity contribution in [2.75, 3.05) is 0 Å². The van der Waals surface area contributed by atoms with Gasteiger partial charge in [0.15, 0.2) is 0 Å². The molecule has 0 fully saturated rings. The predicted octanol–water partition coefficient (Wildman–Crippen LogP) is 9.48. The van der Waals surface area contributed by atoms with E-state index >= 15 is 0 Å². The molecule has 0 N–H and O–H groups in total. The number of rotatable bonds is 2. The largest absolute Gasteiger partial charge is 0.327 e. The Morgan fingerprint density at radius 3 is 0.567 bits per heavy atom. The van der Waals surface area contributed by atoms with Gasteiger partial charge in [-0.05, 0) is 77.7 Å². The maximum absolute atomic E-state index is 2.65. The van der Waals surface area contributed by atoms with Crippen LogP contribution in [0.3, 0.4) is 0 Å². The third-order valence-electron chi connectivity index (χ3n) is 6.49.